The Bertz CT molecular complexity index is 416. The van der Waals surface area contributed by atoms with E-state index in [0.29, 0.717) is 12.0 Å². The molecular formula is C14H19N3O. The van der Waals surface area contributed by atoms with Crippen molar-refractivity contribution in [2.75, 3.05) is 18.6 Å². The van der Waals surface area contributed by atoms with Crippen molar-refractivity contribution in [2.24, 2.45) is 5.92 Å². The van der Waals surface area contributed by atoms with Gasteiger partial charge in [-0.05, 0) is 31.7 Å². The van der Waals surface area contributed by atoms with Crippen LogP contribution >= 0.6 is 0 Å². The number of nitrogens with zero attached hydrogens (tertiary/aromatic N) is 3. The quantitative estimate of drug-likeness (QED) is 0.802. The standard InChI is InChI=1S/C14H19N3O/c1-17(14-15-9-3-10-16-14)13-7-5-12(6-8-13)4-2-11-18/h3,9-10,12-13,18H,5-8,11H2,1H3/t12-,13-. The molecule has 1 N–H and O–H groups in total. The van der Waals surface area contributed by atoms with E-state index < -0.39 is 0 Å². The largest absolute Gasteiger partial charge is 0.384 e. The molecule has 1 heterocycles. The van der Waals surface area contributed by atoms with Gasteiger partial charge in [0.15, 0.2) is 0 Å². The van der Waals surface area contributed by atoms with E-state index in [4.69, 9.17) is 5.11 Å². The molecule has 0 atom stereocenters. The summed E-state index contributed by atoms with van der Waals surface area (Å²) in [6, 6.07) is 2.33. The highest BCUT2D eigenvalue weighted by Crippen LogP contribution is 2.27. The summed E-state index contributed by atoms with van der Waals surface area (Å²) in [6.07, 6.45) is 7.96. The maximum atomic E-state index is 8.69. The van der Waals surface area contributed by atoms with Crippen LogP contribution in [0.1, 0.15) is 25.7 Å². The summed E-state index contributed by atoms with van der Waals surface area (Å²) in [4.78, 5) is 10.7. The maximum Gasteiger partial charge on any atom is 0.225 e. The third-order valence-corrected chi connectivity index (χ3v) is 3.50. The summed E-state index contributed by atoms with van der Waals surface area (Å²) in [5.41, 5.74) is 0. The van der Waals surface area contributed by atoms with Crippen LogP contribution in [0.5, 0.6) is 0 Å². The summed E-state index contributed by atoms with van der Waals surface area (Å²) < 4.78 is 0. The lowest BCUT2D eigenvalue weighted by atomic mass is 9.86. The van der Waals surface area contributed by atoms with Crippen molar-refractivity contribution in [3.8, 4) is 11.8 Å². The normalized spacial score (nSPS) is 23.0. The number of anilines is 1. The Morgan fingerprint density at radius 3 is 2.56 bits per heavy atom. The average Bonchev–Trinajstić information content (AvgIpc) is 2.46. The lowest BCUT2D eigenvalue weighted by Gasteiger charge is -2.33. The van der Waals surface area contributed by atoms with Gasteiger partial charge in [-0.3, -0.25) is 0 Å². The molecule has 18 heavy (non-hydrogen) atoms. The van der Waals surface area contributed by atoms with E-state index >= 15 is 0 Å². The fraction of sp³-hybridized carbons (Fsp3) is 0.571. The summed E-state index contributed by atoms with van der Waals surface area (Å²) in [7, 11) is 2.06. The van der Waals surface area contributed by atoms with Crippen molar-refractivity contribution in [3.05, 3.63) is 18.5 Å². The molecule has 4 nitrogen and oxygen atoms in total. The molecule has 1 aliphatic rings. The van der Waals surface area contributed by atoms with Gasteiger partial charge >= 0.3 is 0 Å². The zero-order chi connectivity index (χ0) is 12.8. The van der Waals surface area contributed by atoms with Gasteiger partial charge in [0.1, 0.15) is 6.61 Å². The molecular weight excluding hydrogens is 226 g/mol. The average molecular weight is 245 g/mol. The van der Waals surface area contributed by atoms with E-state index in [1.54, 1.807) is 12.4 Å². The molecule has 0 spiro atoms. The van der Waals surface area contributed by atoms with Crippen LogP contribution in [0.4, 0.5) is 5.95 Å². The summed E-state index contributed by atoms with van der Waals surface area (Å²) in [5.74, 6) is 7.12. The molecule has 0 aromatic carbocycles. The first-order valence-electron chi connectivity index (χ1n) is 6.40. The second-order valence-corrected chi connectivity index (χ2v) is 4.64. The second kappa shape index (κ2) is 6.36. The molecule has 1 aromatic rings. The SMILES string of the molecule is CN(c1ncccn1)[C@H]1CC[C@H](C#CCO)CC1. The lowest BCUT2D eigenvalue weighted by molar-refractivity contribution is 0.347. The van der Waals surface area contributed by atoms with Crippen molar-refractivity contribution < 1.29 is 5.11 Å². The molecule has 0 radical (unpaired) electrons. The topological polar surface area (TPSA) is 49.2 Å². The van der Waals surface area contributed by atoms with Crippen molar-refractivity contribution in [3.63, 3.8) is 0 Å². The molecule has 0 amide bonds. The van der Waals surface area contributed by atoms with Gasteiger partial charge in [-0.2, -0.15) is 0 Å². The number of rotatable bonds is 2. The second-order valence-electron chi connectivity index (χ2n) is 4.64. The van der Waals surface area contributed by atoms with Crippen molar-refractivity contribution in [1.29, 1.82) is 0 Å². The Kier molecular flexibility index (Phi) is 4.54. The van der Waals surface area contributed by atoms with Gasteiger partial charge in [0.25, 0.3) is 0 Å². The first kappa shape index (κ1) is 12.8. The maximum absolute atomic E-state index is 8.69. The van der Waals surface area contributed by atoms with Crippen LogP contribution in [-0.4, -0.2) is 34.8 Å². The Hall–Kier alpha value is -1.60. The van der Waals surface area contributed by atoms with Crippen LogP contribution in [0.3, 0.4) is 0 Å². The minimum absolute atomic E-state index is 0.0301. The molecule has 0 bridgehead atoms. The van der Waals surface area contributed by atoms with Gasteiger partial charge in [-0.15, -0.1) is 0 Å². The fourth-order valence-corrected chi connectivity index (χ4v) is 2.43. The van der Waals surface area contributed by atoms with Gasteiger partial charge in [-0.25, -0.2) is 9.97 Å². The smallest absolute Gasteiger partial charge is 0.225 e. The van der Waals surface area contributed by atoms with Crippen molar-refractivity contribution in [2.45, 2.75) is 31.7 Å². The van der Waals surface area contributed by atoms with Gasteiger partial charge in [0, 0.05) is 31.4 Å². The third kappa shape index (κ3) is 3.21. The predicted molar refractivity (Wildman–Crippen MR) is 71.0 cm³/mol. The van der Waals surface area contributed by atoms with Gasteiger partial charge in [0.05, 0.1) is 0 Å². The molecule has 1 aliphatic carbocycles. The summed E-state index contributed by atoms with van der Waals surface area (Å²) in [5, 5.41) is 8.69. The first-order valence-corrected chi connectivity index (χ1v) is 6.40. The molecule has 4 heteroatoms. The molecule has 0 saturated heterocycles. The van der Waals surface area contributed by atoms with E-state index in [1.165, 1.54) is 0 Å². The number of aliphatic hydroxyl groups is 1. The molecule has 2 rings (SSSR count). The lowest BCUT2D eigenvalue weighted by Crippen LogP contribution is -2.36. The predicted octanol–water partition coefficient (Wildman–Crippen LogP) is 1.47. The number of aliphatic hydroxyl groups excluding tert-OH is 1. The van der Waals surface area contributed by atoms with E-state index in [-0.39, 0.29) is 6.61 Å². The van der Waals surface area contributed by atoms with E-state index in [2.05, 4.69) is 33.8 Å². The number of aromatic nitrogens is 2. The van der Waals surface area contributed by atoms with Crippen LogP contribution in [0.25, 0.3) is 0 Å². The van der Waals surface area contributed by atoms with E-state index in [1.807, 2.05) is 6.07 Å². The summed E-state index contributed by atoms with van der Waals surface area (Å²) in [6.45, 7) is -0.0301. The van der Waals surface area contributed by atoms with Crippen LogP contribution in [0, 0.1) is 17.8 Å². The Morgan fingerprint density at radius 1 is 1.28 bits per heavy atom. The third-order valence-electron chi connectivity index (χ3n) is 3.50. The molecule has 1 aromatic heterocycles. The Morgan fingerprint density at radius 2 is 1.94 bits per heavy atom. The zero-order valence-electron chi connectivity index (χ0n) is 10.7. The number of hydrogen-bond donors (Lipinski definition) is 1. The first-order chi connectivity index (χ1) is 8.81. The highest BCUT2D eigenvalue weighted by atomic mass is 16.2. The van der Waals surface area contributed by atoms with Crippen molar-refractivity contribution in [1.82, 2.24) is 9.97 Å². The van der Waals surface area contributed by atoms with Crippen LogP contribution in [0.15, 0.2) is 18.5 Å². The summed E-state index contributed by atoms with van der Waals surface area (Å²) >= 11 is 0. The highest BCUT2D eigenvalue weighted by Gasteiger charge is 2.24. The molecule has 0 unspecified atom stereocenters. The molecule has 96 valence electrons. The van der Waals surface area contributed by atoms with Crippen LogP contribution in [-0.2, 0) is 0 Å². The molecule has 0 aliphatic heterocycles. The fourth-order valence-electron chi connectivity index (χ4n) is 2.43. The minimum Gasteiger partial charge on any atom is -0.384 e. The molecule has 1 fully saturated rings. The Labute approximate surface area is 108 Å². The van der Waals surface area contributed by atoms with Crippen LogP contribution in [0.2, 0.25) is 0 Å². The number of hydrogen-bond acceptors (Lipinski definition) is 4. The zero-order valence-corrected chi connectivity index (χ0v) is 10.7. The highest BCUT2D eigenvalue weighted by molar-refractivity contribution is 5.29. The van der Waals surface area contributed by atoms with E-state index in [9.17, 15) is 0 Å². The monoisotopic (exact) mass is 245 g/mol. The van der Waals surface area contributed by atoms with Gasteiger partial charge in [0.2, 0.25) is 5.95 Å². The van der Waals surface area contributed by atoms with Crippen LogP contribution < -0.4 is 4.90 Å². The minimum atomic E-state index is -0.0301. The molecule has 1 saturated carbocycles. The van der Waals surface area contributed by atoms with Gasteiger partial charge < -0.3 is 10.0 Å². The van der Waals surface area contributed by atoms with E-state index in [0.717, 1.165) is 31.6 Å². The van der Waals surface area contributed by atoms with Gasteiger partial charge in [-0.1, -0.05) is 11.8 Å². The Balaban J connectivity index is 1.90. The van der Waals surface area contributed by atoms with Crippen molar-refractivity contribution >= 4 is 5.95 Å².